The molecule has 104 valence electrons. The molecule has 0 spiro atoms. The van der Waals surface area contributed by atoms with Crippen molar-refractivity contribution in [2.75, 3.05) is 12.3 Å². The van der Waals surface area contributed by atoms with Crippen LogP contribution in [0.3, 0.4) is 0 Å². The summed E-state index contributed by atoms with van der Waals surface area (Å²) in [6.07, 6.45) is -0.714. The molecule has 1 unspecified atom stereocenters. The summed E-state index contributed by atoms with van der Waals surface area (Å²) in [6, 6.07) is 14.4. The number of hydrogen-bond acceptors (Lipinski definition) is 3. The lowest BCUT2D eigenvalue weighted by Gasteiger charge is -2.13. The highest BCUT2D eigenvalue weighted by atomic mass is 16.3. The smallest absolute Gasteiger partial charge is 0.251 e. The fraction of sp³-hybridized carbons (Fsp3) is 0.188. The van der Waals surface area contributed by atoms with Crippen LogP contribution in [-0.4, -0.2) is 17.6 Å². The summed E-state index contributed by atoms with van der Waals surface area (Å²) in [5.74, 6) is -0.211. The average Bonchev–Trinajstić information content (AvgIpc) is 2.45. The minimum absolute atomic E-state index is 0.173. The van der Waals surface area contributed by atoms with Crippen molar-refractivity contribution >= 4 is 11.6 Å². The first-order valence-corrected chi connectivity index (χ1v) is 6.45. The second-order valence-corrected chi connectivity index (χ2v) is 4.71. The normalized spacial score (nSPS) is 11.9. The van der Waals surface area contributed by atoms with Crippen LogP contribution >= 0.6 is 0 Å². The monoisotopic (exact) mass is 270 g/mol. The third kappa shape index (κ3) is 3.36. The Morgan fingerprint density at radius 2 is 1.95 bits per heavy atom. The van der Waals surface area contributed by atoms with Gasteiger partial charge in [-0.3, -0.25) is 4.79 Å². The lowest BCUT2D eigenvalue weighted by atomic mass is 10.1. The molecule has 1 amide bonds. The van der Waals surface area contributed by atoms with Crippen molar-refractivity contribution < 1.29 is 9.90 Å². The number of benzene rings is 2. The molecule has 0 saturated carbocycles. The quantitative estimate of drug-likeness (QED) is 0.744. The maximum atomic E-state index is 12.0. The van der Waals surface area contributed by atoms with Gasteiger partial charge in [0.15, 0.2) is 0 Å². The van der Waals surface area contributed by atoms with Gasteiger partial charge < -0.3 is 16.2 Å². The van der Waals surface area contributed by atoms with Crippen molar-refractivity contribution in [3.05, 3.63) is 65.2 Å². The molecular weight excluding hydrogens is 252 g/mol. The Morgan fingerprint density at radius 1 is 1.25 bits per heavy atom. The van der Waals surface area contributed by atoms with E-state index in [9.17, 15) is 9.90 Å². The molecule has 0 aliphatic heterocycles. The first-order valence-electron chi connectivity index (χ1n) is 6.45. The van der Waals surface area contributed by atoms with Gasteiger partial charge >= 0.3 is 0 Å². The number of aliphatic hydroxyl groups excluding tert-OH is 1. The predicted octanol–water partition coefficient (Wildman–Crippen LogP) is 2.04. The standard InChI is InChI=1S/C16H18N2O2/c1-11-9-13(17)7-8-14(11)16(20)18-10-15(19)12-5-3-2-4-6-12/h2-9,15,19H,10,17H2,1H3,(H,18,20). The lowest BCUT2D eigenvalue weighted by molar-refractivity contribution is 0.0915. The number of aliphatic hydroxyl groups is 1. The van der Waals surface area contributed by atoms with Gasteiger partial charge in [0.25, 0.3) is 5.91 Å². The zero-order chi connectivity index (χ0) is 14.5. The summed E-state index contributed by atoms with van der Waals surface area (Å²) in [7, 11) is 0. The second-order valence-electron chi connectivity index (χ2n) is 4.71. The second kappa shape index (κ2) is 6.21. The van der Waals surface area contributed by atoms with Crippen LogP contribution < -0.4 is 11.1 Å². The van der Waals surface area contributed by atoms with Crippen LogP contribution in [0.1, 0.15) is 27.6 Å². The fourth-order valence-electron chi connectivity index (χ4n) is 2.02. The van der Waals surface area contributed by atoms with Crippen molar-refractivity contribution in [3.8, 4) is 0 Å². The zero-order valence-corrected chi connectivity index (χ0v) is 11.3. The molecular formula is C16H18N2O2. The molecule has 20 heavy (non-hydrogen) atoms. The van der Waals surface area contributed by atoms with Crippen LogP contribution in [0.5, 0.6) is 0 Å². The SMILES string of the molecule is Cc1cc(N)ccc1C(=O)NCC(O)c1ccccc1. The van der Waals surface area contributed by atoms with Gasteiger partial charge in [0.05, 0.1) is 6.10 Å². The summed E-state index contributed by atoms with van der Waals surface area (Å²) in [4.78, 5) is 12.0. The molecule has 1 atom stereocenters. The van der Waals surface area contributed by atoms with Crippen LogP contribution in [0.25, 0.3) is 0 Å². The van der Waals surface area contributed by atoms with E-state index < -0.39 is 6.10 Å². The summed E-state index contributed by atoms with van der Waals surface area (Å²) >= 11 is 0. The molecule has 0 aliphatic carbocycles. The molecule has 0 aliphatic rings. The minimum atomic E-state index is -0.714. The molecule has 0 saturated heterocycles. The van der Waals surface area contributed by atoms with Gasteiger partial charge in [-0.15, -0.1) is 0 Å². The maximum absolute atomic E-state index is 12.0. The van der Waals surface area contributed by atoms with Crippen LogP contribution in [-0.2, 0) is 0 Å². The number of carbonyl (C=O) groups excluding carboxylic acids is 1. The van der Waals surface area contributed by atoms with E-state index in [1.165, 1.54) is 0 Å². The third-order valence-electron chi connectivity index (χ3n) is 3.14. The van der Waals surface area contributed by atoms with E-state index in [0.29, 0.717) is 11.3 Å². The van der Waals surface area contributed by atoms with Gasteiger partial charge in [-0.2, -0.15) is 0 Å². The number of nitrogens with one attached hydrogen (secondary N) is 1. The Balaban J connectivity index is 1.99. The van der Waals surface area contributed by atoms with Gasteiger partial charge in [0.1, 0.15) is 0 Å². The van der Waals surface area contributed by atoms with E-state index in [4.69, 9.17) is 5.73 Å². The fourth-order valence-corrected chi connectivity index (χ4v) is 2.02. The van der Waals surface area contributed by atoms with Gasteiger partial charge in [0.2, 0.25) is 0 Å². The Morgan fingerprint density at radius 3 is 2.60 bits per heavy atom. The highest BCUT2D eigenvalue weighted by Gasteiger charge is 2.12. The number of amides is 1. The molecule has 2 aromatic rings. The molecule has 0 heterocycles. The molecule has 2 rings (SSSR count). The molecule has 4 heteroatoms. The summed E-state index contributed by atoms with van der Waals surface area (Å²) in [5.41, 5.74) is 8.45. The third-order valence-corrected chi connectivity index (χ3v) is 3.14. The summed E-state index contributed by atoms with van der Waals surface area (Å²) < 4.78 is 0. The van der Waals surface area contributed by atoms with Crippen molar-refractivity contribution in [1.82, 2.24) is 5.32 Å². The molecule has 0 radical (unpaired) electrons. The summed E-state index contributed by atoms with van der Waals surface area (Å²) in [5, 5.41) is 12.7. The van der Waals surface area contributed by atoms with Gasteiger partial charge in [-0.25, -0.2) is 0 Å². The Labute approximate surface area is 118 Å². The minimum Gasteiger partial charge on any atom is -0.399 e. The van der Waals surface area contributed by atoms with E-state index >= 15 is 0 Å². The van der Waals surface area contributed by atoms with Crippen LogP contribution in [0.4, 0.5) is 5.69 Å². The molecule has 2 aromatic carbocycles. The number of hydrogen-bond donors (Lipinski definition) is 3. The number of anilines is 1. The van der Waals surface area contributed by atoms with Gasteiger partial charge in [0, 0.05) is 17.8 Å². The van der Waals surface area contributed by atoms with Gasteiger partial charge in [-0.1, -0.05) is 30.3 Å². The maximum Gasteiger partial charge on any atom is 0.251 e. The van der Waals surface area contributed by atoms with E-state index in [2.05, 4.69) is 5.32 Å². The Hall–Kier alpha value is -2.33. The number of carbonyl (C=O) groups is 1. The number of nitrogens with two attached hydrogens (primary N) is 1. The van der Waals surface area contributed by atoms with E-state index in [1.807, 2.05) is 37.3 Å². The summed E-state index contributed by atoms with van der Waals surface area (Å²) in [6.45, 7) is 2.01. The van der Waals surface area contributed by atoms with Crippen molar-refractivity contribution in [1.29, 1.82) is 0 Å². The van der Waals surface area contributed by atoms with Gasteiger partial charge in [-0.05, 0) is 36.2 Å². The van der Waals surface area contributed by atoms with E-state index in [0.717, 1.165) is 11.1 Å². The van der Waals surface area contributed by atoms with Crippen molar-refractivity contribution in [2.24, 2.45) is 0 Å². The van der Waals surface area contributed by atoms with Crippen LogP contribution in [0, 0.1) is 6.92 Å². The molecule has 4 nitrogen and oxygen atoms in total. The van der Waals surface area contributed by atoms with Crippen molar-refractivity contribution in [2.45, 2.75) is 13.0 Å². The van der Waals surface area contributed by atoms with Crippen LogP contribution in [0.15, 0.2) is 48.5 Å². The van der Waals surface area contributed by atoms with Crippen molar-refractivity contribution in [3.63, 3.8) is 0 Å². The van der Waals surface area contributed by atoms with Crippen LogP contribution in [0.2, 0.25) is 0 Å². The van der Waals surface area contributed by atoms with E-state index in [1.54, 1.807) is 18.2 Å². The number of aryl methyl sites for hydroxylation is 1. The molecule has 0 fully saturated rings. The molecule has 0 bridgehead atoms. The largest absolute Gasteiger partial charge is 0.399 e. The number of nitrogen functional groups attached to an aromatic ring is 1. The van der Waals surface area contributed by atoms with E-state index in [-0.39, 0.29) is 12.5 Å². The molecule has 0 aromatic heterocycles. The Bertz CT molecular complexity index is 597. The Kier molecular flexibility index (Phi) is 4.38. The topological polar surface area (TPSA) is 75.4 Å². The lowest BCUT2D eigenvalue weighted by Crippen LogP contribution is -2.28. The molecule has 4 N–H and O–H groups in total. The average molecular weight is 270 g/mol. The zero-order valence-electron chi connectivity index (χ0n) is 11.3. The first-order chi connectivity index (χ1) is 9.58. The highest BCUT2D eigenvalue weighted by Crippen LogP contribution is 2.14. The predicted molar refractivity (Wildman–Crippen MR) is 79.3 cm³/mol. The highest BCUT2D eigenvalue weighted by molar-refractivity contribution is 5.96. The number of rotatable bonds is 4. The first kappa shape index (κ1) is 14.1.